The molecule has 3 aliphatic heterocycles. The third-order valence-corrected chi connectivity index (χ3v) is 7.02. The lowest BCUT2D eigenvalue weighted by molar-refractivity contribution is -0.146. The van der Waals surface area contributed by atoms with Gasteiger partial charge in [-0.25, -0.2) is 4.79 Å². The van der Waals surface area contributed by atoms with E-state index in [4.69, 9.17) is 20.9 Å². The average Bonchev–Trinajstić information content (AvgIpc) is 3.18. The molecule has 1 aromatic rings. The summed E-state index contributed by atoms with van der Waals surface area (Å²) in [6, 6.07) is 10.1. The highest BCUT2D eigenvalue weighted by molar-refractivity contribution is 6.25. The molecule has 9 nitrogen and oxygen atoms in total. The topological polar surface area (TPSA) is 128 Å². The lowest BCUT2D eigenvalue weighted by atomic mass is 9.82. The SMILES string of the molecule is COC12C(COC(N)=O)C3=C(C(=O)C(C)=C(N)C3=O)N1CC1C2N1Cc1ccccc1. The third-order valence-electron chi connectivity index (χ3n) is 7.02. The molecule has 0 bridgehead atoms. The van der Waals surface area contributed by atoms with Crippen LogP contribution in [0.2, 0.25) is 0 Å². The molecule has 3 heterocycles. The van der Waals surface area contributed by atoms with Crippen molar-refractivity contribution in [3.63, 3.8) is 0 Å². The first-order valence-corrected chi connectivity index (χ1v) is 10.2. The largest absolute Gasteiger partial charge is 0.449 e. The van der Waals surface area contributed by atoms with Gasteiger partial charge in [-0.3, -0.25) is 14.5 Å². The fourth-order valence-electron chi connectivity index (χ4n) is 5.59. The molecule has 31 heavy (non-hydrogen) atoms. The molecule has 1 amide bonds. The van der Waals surface area contributed by atoms with Crippen molar-refractivity contribution in [3.8, 4) is 0 Å². The zero-order valence-electron chi connectivity index (χ0n) is 17.3. The molecule has 4 N–H and O–H groups in total. The number of Topliss-reactive ketones (excluding diaryl/α,β-unsaturated/α-hetero) is 2. The number of nitrogens with two attached hydrogens (primary N) is 2. The van der Waals surface area contributed by atoms with Gasteiger partial charge >= 0.3 is 6.09 Å². The number of ether oxygens (including phenoxy) is 2. The molecule has 0 aromatic heterocycles. The molecule has 4 aliphatic rings. The quantitative estimate of drug-likeness (QED) is 0.509. The van der Waals surface area contributed by atoms with Crippen molar-refractivity contribution in [3.05, 3.63) is 58.4 Å². The summed E-state index contributed by atoms with van der Waals surface area (Å²) in [6.07, 6.45) is -0.951. The van der Waals surface area contributed by atoms with Crippen molar-refractivity contribution < 1.29 is 23.9 Å². The first kappa shape index (κ1) is 19.8. The van der Waals surface area contributed by atoms with Crippen LogP contribution in [-0.4, -0.2) is 65.5 Å². The third kappa shape index (κ3) is 2.53. The van der Waals surface area contributed by atoms with Gasteiger partial charge in [0.1, 0.15) is 6.61 Å². The molecule has 162 valence electrons. The number of benzene rings is 1. The number of amides is 1. The van der Waals surface area contributed by atoms with Gasteiger partial charge in [-0.15, -0.1) is 0 Å². The molecule has 9 heteroatoms. The van der Waals surface area contributed by atoms with E-state index in [2.05, 4.69) is 17.0 Å². The lowest BCUT2D eigenvalue weighted by Gasteiger charge is -2.41. The number of methoxy groups -OCH3 is 1. The van der Waals surface area contributed by atoms with E-state index in [-0.39, 0.29) is 41.3 Å². The average molecular weight is 424 g/mol. The fraction of sp³-hybridized carbons (Fsp3) is 0.409. The van der Waals surface area contributed by atoms with Crippen molar-refractivity contribution in [2.45, 2.75) is 31.3 Å². The summed E-state index contributed by atoms with van der Waals surface area (Å²) in [6.45, 7) is 2.62. The highest BCUT2D eigenvalue weighted by Gasteiger charge is 2.76. The van der Waals surface area contributed by atoms with Gasteiger partial charge in [0.15, 0.2) is 5.72 Å². The number of hydrogen-bond donors (Lipinski definition) is 2. The minimum Gasteiger partial charge on any atom is -0.449 e. The number of piperazine rings is 1. The van der Waals surface area contributed by atoms with Crippen molar-refractivity contribution in [2.75, 3.05) is 20.3 Å². The van der Waals surface area contributed by atoms with Gasteiger partial charge in [0.05, 0.1) is 23.4 Å². The van der Waals surface area contributed by atoms with Crippen LogP contribution in [0.15, 0.2) is 52.9 Å². The second kappa shape index (κ2) is 6.66. The van der Waals surface area contributed by atoms with E-state index in [0.29, 0.717) is 18.8 Å². The Labute approximate surface area is 179 Å². The van der Waals surface area contributed by atoms with E-state index in [1.54, 1.807) is 14.0 Å². The number of nitrogens with zero attached hydrogens (tertiary/aromatic N) is 2. The monoisotopic (exact) mass is 424 g/mol. The van der Waals surface area contributed by atoms with Gasteiger partial charge in [-0.05, 0) is 12.5 Å². The Morgan fingerprint density at radius 1 is 1.23 bits per heavy atom. The first-order valence-electron chi connectivity index (χ1n) is 10.2. The summed E-state index contributed by atoms with van der Waals surface area (Å²) in [5.41, 5.74) is 12.0. The number of rotatable bonds is 5. The fourth-order valence-corrected chi connectivity index (χ4v) is 5.59. The molecule has 0 saturated carbocycles. The number of carbonyl (C=O) groups is 3. The minimum absolute atomic E-state index is 0.0752. The summed E-state index contributed by atoms with van der Waals surface area (Å²) in [5, 5.41) is 0. The van der Waals surface area contributed by atoms with E-state index < -0.39 is 23.5 Å². The highest BCUT2D eigenvalue weighted by atomic mass is 16.6. The summed E-state index contributed by atoms with van der Waals surface area (Å²) in [5.74, 6) is -1.38. The van der Waals surface area contributed by atoms with Crippen molar-refractivity contribution in [1.29, 1.82) is 0 Å². The first-order chi connectivity index (χ1) is 14.8. The van der Waals surface area contributed by atoms with E-state index in [1.165, 1.54) is 0 Å². The van der Waals surface area contributed by atoms with Crippen LogP contribution in [0.3, 0.4) is 0 Å². The van der Waals surface area contributed by atoms with E-state index in [0.717, 1.165) is 5.56 Å². The Bertz CT molecular complexity index is 1060. The Balaban J connectivity index is 1.54. The minimum atomic E-state index is -1.02. The number of fused-ring (bicyclic) bond motifs is 4. The van der Waals surface area contributed by atoms with Crippen LogP contribution in [0.25, 0.3) is 0 Å². The molecule has 1 aliphatic carbocycles. The normalized spacial score (nSPS) is 33.4. The lowest BCUT2D eigenvalue weighted by Crippen LogP contribution is -2.55. The van der Waals surface area contributed by atoms with E-state index in [9.17, 15) is 14.4 Å². The molecule has 2 saturated heterocycles. The second-order valence-corrected chi connectivity index (χ2v) is 8.38. The van der Waals surface area contributed by atoms with E-state index >= 15 is 0 Å². The van der Waals surface area contributed by atoms with Crippen LogP contribution in [0.4, 0.5) is 4.79 Å². The van der Waals surface area contributed by atoms with Gasteiger partial charge in [-0.1, -0.05) is 30.3 Å². The number of carbonyl (C=O) groups excluding carboxylic acids is 3. The molecule has 0 radical (unpaired) electrons. The standard InChI is InChI=1S/C22H24N4O5/c1-11-16(23)19(28)15-13(10-31-21(24)29)22(30-2)20-14(9-26(22)17(15)18(11)27)25(20)8-12-6-4-3-5-7-12/h3-7,13-14,20H,8-10,23H2,1-2H3,(H2,24,29). The number of ketones is 2. The summed E-state index contributed by atoms with van der Waals surface area (Å²) >= 11 is 0. The van der Waals surface area contributed by atoms with Crippen LogP contribution >= 0.6 is 0 Å². The second-order valence-electron chi connectivity index (χ2n) is 8.38. The summed E-state index contributed by atoms with van der Waals surface area (Å²) < 4.78 is 11.2. The van der Waals surface area contributed by atoms with Gasteiger partial charge < -0.3 is 25.8 Å². The molecule has 5 rings (SSSR count). The number of hydrogen-bond acceptors (Lipinski definition) is 8. The number of allylic oxidation sites excluding steroid dienone is 2. The maximum atomic E-state index is 13.2. The van der Waals surface area contributed by atoms with Gasteiger partial charge in [-0.2, -0.15) is 0 Å². The van der Waals surface area contributed by atoms with Gasteiger partial charge in [0.25, 0.3) is 0 Å². The van der Waals surface area contributed by atoms with Crippen LogP contribution in [0, 0.1) is 5.92 Å². The van der Waals surface area contributed by atoms with Crippen LogP contribution in [-0.2, 0) is 25.6 Å². The molecule has 2 fully saturated rings. The Morgan fingerprint density at radius 2 is 1.94 bits per heavy atom. The van der Waals surface area contributed by atoms with Crippen LogP contribution in [0.1, 0.15) is 12.5 Å². The predicted octanol–water partition coefficient (Wildman–Crippen LogP) is 0.261. The highest BCUT2D eigenvalue weighted by Crippen LogP contribution is 2.60. The van der Waals surface area contributed by atoms with Gasteiger partial charge in [0, 0.05) is 37.4 Å². The molecule has 0 spiro atoms. The Kier molecular flexibility index (Phi) is 4.25. The molecule has 5 unspecified atom stereocenters. The van der Waals surface area contributed by atoms with Crippen molar-refractivity contribution in [1.82, 2.24) is 9.80 Å². The van der Waals surface area contributed by atoms with Crippen LogP contribution in [0.5, 0.6) is 0 Å². The molecule has 1 aromatic carbocycles. The maximum Gasteiger partial charge on any atom is 0.404 e. The molecule has 5 atom stereocenters. The number of primary amides is 1. The molecular weight excluding hydrogens is 400 g/mol. The summed E-state index contributed by atoms with van der Waals surface area (Å²) in [7, 11) is 1.56. The zero-order valence-corrected chi connectivity index (χ0v) is 17.3. The Hall–Kier alpha value is -3.17. The smallest absolute Gasteiger partial charge is 0.404 e. The van der Waals surface area contributed by atoms with Crippen LogP contribution < -0.4 is 11.5 Å². The van der Waals surface area contributed by atoms with Gasteiger partial charge in [0.2, 0.25) is 11.6 Å². The predicted molar refractivity (Wildman–Crippen MR) is 109 cm³/mol. The molecular formula is C22H24N4O5. The van der Waals surface area contributed by atoms with Crippen molar-refractivity contribution in [2.24, 2.45) is 17.4 Å². The van der Waals surface area contributed by atoms with E-state index in [1.807, 2.05) is 23.1 Å². The van der Waals surface area contributed by atoms with Crippen molar-refractivity contribution >= 4 is 17.7 Å². The zero-order chi connectivity index (χ0) is 22.1. The Morgan fingerprint density at radius 3 is 2.58 bits per heavy atom. The summed E-state index contributed by atoms with van der Waals surface area (Å²) in [4.78, 5) is 41.8. The maximum absolute atomic E-state index is 13.2.